The largest absolute Gasteiger partial charge is 0.455 e. The molecule has 0 aliphatic rings. The molecule has 0 fully saturated rings. The Hall–Kier alpha value is -7.42. The lowest BCUT2D eigenvalue weighted by Gasteiger charge is -2.26. The molecule has 0 saturated heterocycles. The Morgan fingerprint density at radius 2 is 0.821 bits per heavy atom. The average Bonchev–Trinajstić information content (AvgIpc) is 3.68. The molecule has 0 radical (unpaired) electrons. The number of furan rings is 1. The van der Waals surface area contributed by atoms with Crippen molar-refractivity contribution in [3.8, 4) is 55.8 Å². The third-order valence-corrected chi connectivity index (χ3v) is 10.7. The van der Waals surface area contributed by atoms with Gasteiger partial charge in [-0.25, -0.2) is 0 Å². The van der Waals surface area contributed by atoms with E-state index >= 15 is 0 Å². The molecule has 0 saturated carbocycles. The van der Waals surface area contributed by atoms with E-state index in [1.54, 1.807) is 0 Å². The standard InChI is InChI=1S/C54H37NO/c1-3-14-38(15-4-1)39-28-32-46(33-29-39)55(48-23-12-22-45(37-48)54-53(42-17-5-2-6-18-42)51-25-9-10-27-52(51)56-54)47-34-30-40(31-35-47)43-20-11-21-44(36-43)50-26-13-19-41-16-7-8-24-49(41)50/h1-37H. The molecular formula is C54H37NO. The van der Waals surface area contributed by atoms with E-state index in [1.807, 2.05) is 6.07 Å². The lowest BCUT2D eigenvalue weighted by atomic mass is 9.95. The van der Waals surface area contributed by atoms with Gasteiger partial charge in [-0.3, -0.25) is 0 Å². The highest BCUT2D eigenvalue weighted by Gasteiger charge is 2.20. The van der Waals surface area contributed by atoms with Crippen LogP contribution in [0.15, 0.2) is 229 Å². The van der Waals surface area contributed by atoms with Crippen LogP contribution < -0.4 is 4.90 Å². The van der Waals surface area contributed by atoms with Crippen LogP contribution >= 0.6 is 0 Å². The lowest BCUT2D eigenvalue weighted by molar-refractivity contribution is 0.632. The molecule has 2 heteroatoms. The number of hydrogen-bond donors (Lipinski definition) is 0. The number of para-hydroxylation sites is 1. The van der Waals surface area contributed by atoms with Crippen molar-refractivity contribution < 1.29 is 4.42 Å². The fraction of sp³-hybridized carbons (Fsp3) is 0. The van der Waals surface area contributed by atoms with E-state index in [0.29, 0.717) is 0 Å². The van der Waals surface area contributed by atoms with Gasteiger partial charge in [-0.2, -0.15) is 0 Å². The van der Waals surface area contributed by atoms with Gasteiger partial charge in [-0.05, 0) is 98.2 Å². The summed E-state index contributed by atoms with van der Waals surface area (Å²) in [5.41, 5.74) is 14.5. The monoisotopic (exact) mass is 715 g/mol. The minimum absolute atomic E-state index is 0.861. The molecule has 264 valence electrons. The first-order valence-corrected chi connectivity index (χ1v) is 19.1. The van der Waals surface area contributed by atoms with E-state index in [1.165, 1.54) is 44.2 Å². The molecule has 1 heterocycles. The molecule has 10 rings (SSSR count). The number of fused-ring (bicyclic) bond motifs is 2. The summed E-state index contributed by atoms with van der Waals surface area (Å²) < 4.78 is 6.66. The third-order valence-electron chi connectivity index (χ3n) is 10.7. The zero-order valence-corrected chi connectivity index (χ0v) is 30.7. The first-order valence-electron chi connectivity index (χ1n) is 19.1. The Balaban J connectivity index is 1.06. The molecule has 0 amide bonds. The summed E-state index contributed by atoms with van der Waals surface area (Å²) in [4.78, 5) is 2.33. The SMILES string of the molecule is c1ccc(-c2ccc(N(c3ccc(-c4cccc(-c5cccc6ccccc56)c4)cc3)c3cccc(-c4oc5ccccc5c4-c4ccccc4)c3)cc2)cc1. The van der Waals surface area contributed by atoms with E-state index in [9.17, 15) is 0 Å². The molecule has 0 atom stereocenters. The van der Waals surface area contributed by atoms with Crippen molar-refractivity contribution in [2.45, 2.75) is 0 Å². The van der Waals surface area contributed by atoms with Gasteiger partial charge in [-0.1, -0.05) is 176 Å². The van der Waals surface area contributed by atoms with Crippen LogP contribution in [0.3, 0.4) is 0 Å². The van der Waals surface area contributed by atoms with Gasteiger partial charge < -0.3 is 9.32 Å². The third kappa shape index (κ3) is 6.24. The second kappa shape index (κ2) is 14.4. The van der Waals surface area contributed by atoms with Crippen molar-refractivity contribution >= 4 is 38.8 Å². The predicted molar refractivity (Wildman–Crippen MR) is 236 cm³/mol. The van der Waals surface area contributed by atoms with Crippen molar-refractivity contribution in [1.29, 1.82) is 0 Å². The molecule has 1 aromatic heterocycles. The number of nitrogens with zero attached hydrogens (tertiary/aromatic N) is 1. The normalized spacial score (nSPS) is 11.2. The van der Waals surface area contributed by atoms with Gasteiger partial charge in [0.05, 0.1) is 0 Å². The van der Waals surface area contributed by atoms with Crippen LogP contribution in [0, 0.1) is 0 Å². The predicted octanol–water partition coefficient (Wildman–Crippen LogP) is 15.4. The highest BCUT2D eigenvalue weighted by atomic mass is 16.3. The van der Waals surface area contributed by atoms with Crippen LogP contribution in [-0.4, -0.2) is 0 Å². The van der Waals surface area contributed by atoms with Crippen LogP contribution in [0.2, 0.25) is 0 Å². The zero-order valence-electron chi connectivity index (χ0n) is 30.7. The van der Waals surface area contributed by atoms with Gasteiger partial charge in [-0.15, -0.1) is 0 Å². The number of benzene rings is 9. The second-order valence-corrected chi connectivity index (χ2v) is 14.1. The van der Waals surface area contributed by atoms with Gasteiger partial charge in [0.25, 0.3) is 0 Å². The maximum atomic E-state index is 6.66. The van der Waals surface area contributed by atoms with Gasteiger partial charge in [0.2, 0.25) is 0 Å². The van der Waals surface area contributed by atoms with E-state index in [-0.39, 0.29) is 0 Å². The molecule has 10 aromatic rings. The maximum Gasteiger partial charge on any atom is 0.143 e. The van der Waals surface area contributed by atoms with Crippen LogP contribution in [-0.2, 0) is 0 Å². The molecule has 2 nitrogen and oxygen atoms in total. The van der Waals surface area contributed by atoms with Gasteiger partial charge in [0.1, 0.15) is 11.3 Å². The summed E-state index contributed by atoms with van der Waals surface area (Å²) in [6, 6.07) is 79.9. The number of anilines is 3. The average molecular weight is 716 g/mol. The van der Waals surface area contributed by atoms with Gasteiger partial charge in [0, 0.05) is 33.6 Å². The van der Waals surface area contributed by atoms with Crippen molar-refractivity contribution in [2.24, 2.45) is 0 Å². The van der Waals surface area contributed by atoms with Crippen LogP contribution in [0.5, 0.6) is 0 Å². The van der Waals surface area contributed by atoms with Gasteiger partial charge >= 0.3 is 0 Å². The summed E-state index contributed by atoms with van der Waals surface area (Å²) >= 11 is 0. The molecular weight excluding hydrogens is 679 g/mol. The fourth-order valence-corrected chi connectivity index (χ4v) is 7.95. The van der Waals surface area contributed by atoms with E-state index in [0.717, 1.165) is 50.5 Å². The van der Waals surface area contributed by atoms with Crippen molar-refractivity contribution in [1.82, 2.24) is 0 Å². The van der Waals surface area contributed by atoms with E-state index in [2.05, 4.69) is 223 Å². The molecule has 0 bridgehead atoms. The Morgan fingerprint density at radius 1 is 0.304 bits per heavy atom. The summed E-state index contributed by atoms with van der Waals surface area (Å²) in [5.74, 6) is 0.861. The Labute approximate surface area is 327 Å². The van der Waals surface area contributed by atoms with Crippen LogP contribution in [0.25, 0.3) is 77.6 Å². The molecule has 0 aliphatic carbocycles. The van der Waals surface area contributed by atoms with Crippen molar-refractivity contribution in [3.63, 3.8) is 0 Å². The first kappa shape index (κ1) is 33.2. The summed E-state index contributed by atoms with van der Waals surface area (Å²) in [6.45, 7) is 0. The first-order chi connectivity index (χ1) is 27.8. The summed E-state index contributed by atoms with van der Waals surface area (Å²) in [7, 11) is 0. The minimum Gasteiger partial charge on any atom is -0.455 e. The molecule has 0 spiro atoms. The summed E-state index contributed by atoms with van der Waals surface area (Å²) in [5, 5.41) is 3.61. The molecule has 9 aromatic carbocycles. The summed E-state index contributed by atoms with van der Waals surface area (Å²) in [6.07, 6.45) is 0. The van der Waals surface area contributed by atoms with E-state index in [4.69, 9.17) is 4.42 Å². The second-order valence-electron chi connectivity index (χ2n) is 14.1. The topological polar surface area (TPSA) is 16.4 Å². The maximum absolute atomic E-state index is 6.66. The van der Waals surface area contributed by atoms with Crippen LogP contribution in [0.4, 0.5) is 17.1 Å². The number of hydrogen-bond acceptors (Lipinski definition) is 2. The quantitative estimate of drug-likeness (QED) is 0.156. The molecule has 0 N–H and O–H groups in total. The molecule has 0 unspecified atom stereocenters. The smallest absolute Gasteiger partial charge is 0.143 e. The Bertz CT molecular complexity index is 2940. The van der Waals surface area contributed by atoms with Crippen molar-refractivity contribution in [2.75, 3.05) is 4.90 Å². The zero-order chi connectivity index (χ0) is 37.3. The highest BCUT2D eigenvalue weighted by Crippen LogP contribution is 2.44. The van der Waals surface area contributed by atoms with E-state index < -0.39 is 0 Å². The fourth-order valence-electron chi connectivity index (χ4n) is 7.95. The highest BCUT2D eigenvalue weighted by molar-refractivity contribution is 6.02. The molecule has 56 heavy (non-hydrogen) atoms. The lowest BCUT2D eigenvalue weighted by Crippen LogP contribution is -2.10. The minimum atomic E-state index is 0.861. The number of rotatable bonds is 8. The molecule has 0 aliphatic heterocycles. The Morgan fingerprint density at radius 3 is 1.57 bits per heavy atom. The van der Waals surface area contributed by atoms with Crippen LogP contribution in [0.1, 0.15) is 0 Å². The van der Waals surface area contributed by atoms with Gasteiger partial charge in [0.15, 0.2) is 0 Å². The Kier molecular flexibility index (Phi) is 8.55. The van der Waals surface area contributed by atoms with Crippen molar-refractivity contribution in [3.05, 3.63) is 224 Å².